The summed E-state index contributed by atoms with van der Waals surface area (Å²) in [4.78, 5) is 4.15. The van der Waals surface area contributed by atoms with Gasteiger partial charge in [-0.2, -0.15) is 0 Å². The van der Waals surface area contributed by atoms with Crippen molar-refractivity contribution in [3.05, 3.63) is 29.1 Å². The Kier molecular flexibility index (Phi) is 2.85. The number of nitrogens with zero attached hydrogens (tertiary/aromatic N) is 1. The Labute approximate surface area is 74.8 Å². The Bertz CT molecular complexity index is 243. The lowest BCUT2D eigenvalue weighted by molar-refractivity contribution is 0.641. The Morgan fingerprint density at radius 1 is 1.17 bits per heavy atom. The van der Waals surface area contributed by atoms with Gasteiger partial charge in [0, 0.05) is 12.4 Å². The van der Waals surface area contributed by atoms with Crippen LogP contribution < -0.4 is 0 Å². The minimum absolute atomic E-state index is 0.727. The zero-order valence-corrected chi connectivity index (χ0v) is 8.39. The lowest BCUT2D eigenvalue weighted by atomic mass is 9.97. The first-order chi connectivity index (χ1) is 5.61. The number of aryl methyl sites for hydroxylation is 2. The minimum atomic E-state index is 0.727. The van der Waals surface area contributed by atoms with Crippen LogP contribution >= 0.6 is 0 Å². The van der Waals surface area contributed by atoms with Crippen molar-refractivity contribution in [1.29, 1.82) is 0 Å². The molecule has 1 nitrogen and oxygen atoms in total. The minimum Gasteiger partial charge on any atom is -0.264 e. The first kappa shape index (κ1) is 9.24. The normalized spacial score (nSPS) is 10.8. The molecule has 1 aromatic heterocycles. The topological polar surface area (TPSA) is 12.9 Å². The van der Waals surface area contributed by atoms with Crippen molar-refractivity contribution in [3.63, 3.8) is 0 Å². The highest BCUT2D eigenvalue weighted by molar-refractivity contribution is 5.30. The van der Waals surface area contributed by atoms with Gasteiger partial charge in [-0.3, -0.25) is 4.98 Å². The maximum atomic E-state index is 4.15. The molecule has 0 radical (unpaired) electrons. The summed E-state index contributed by atoms with van der Waals surface area (Å²) >= 11 is 0. The molecule has 0 spiro atoms. The Morgan fingerprint density at radius 3 is 2.08 bits per heavy atom. The molecule has 0 fully saturated rings. The first-order valence-electron chi connectivity index (χ1n) is 4.51. The predicted molar refractivity (Wildman–Crippen MR) is 52.3 cm³/mol. The number of hydrogen-bond acceptors (Lipinski definition) is 1. The third-order valence-electron chi connectivity index (χ3n) is 2.10. The van der Waals surface area contributed by atoms with Crippen molar-refractivity contribution in [2.24, 2.45) is 5.92 Å². The highest BCUT2D eigenvalue weighted by Gasteiger charge is 2.04. The molecular formula is C11H17N. The molecule has 0 aliphatic carbocycles. The average Bonchev–Trinajstić information content (AvgIpc) is 1.97. The fourth-order valence-corrected chi connectivity index (χ4v) is 1.46. The van der Waals surface area contributed by atoms with Gasteiger partial charge in [-0.15, -0.1) is 0 Å². The molecule has 0 saturated heterocycles. The lowest BCUT2D eigenvalue weighted by Gasteiger charge is -2.10. The van der Waals surface area contributed by atoms with E-state index in [-0.39, 0.29) is 0 Å². The van der Waals surface area contributed by atoms with Crippen molar-refractivity contribution >= 4 is 0 Å². The highest BCUT2D eigenvalue weighted by atomic mass is 14.6. The largest absolute Gasteiger partial charge is 0.264 e. The van der Waals surface area contributed by atoms with Crippen LogP contribution in [0.2, 0.25) is 0 Å². The molecule has 0 N–H and O–H groups in total. The number of rotatable bonds is 2. The van der Waals surface area contributed by atoms with Gasteiger partial charge < -0.3 is 0 Å². The van der Waals surface area contributed by atoms with E-state index in [2.05, 4.69) is 32.7 Å². The number of pyridine rings is 1. The standard InChI is InChI=1S/C11H17N/c1-8(2)5-11-9(3)6-12-7-10(11)4/h6-8H,5H2,1-4H3. The SMILES string of the molecule is Cc1cncc(C)c1CC(C)C. The second-order valence-electron chi connectivity index (χ2n) is 3.85. The zero-order chi connectivity index (χ0) is 9.14. The fourth-order valence-electron chi connectivity index (χ4n) is 1.46. The van der Waals surface area contributed by atoms with Gasteiger partial charge in [0.2, 0.25) is 0 Å². The Balaban J connectivity index is 2.96. The number of aromatic nitrogens is 1. The summed E-state index contributed by atoms with van der Waals surface area (Å²) in [5.41, 5.74) is 4.12. The molecule has 1 aromatic rings. The van der Waals surface area contributed by atoms with Gasteiger partial charge in [-0.1, -0.05) is 13.8 Å². The quantitative estimate of drug-likeness (QED) is 0.653. The van der Waals surface area contributed by atoms with E-state index < -0.39 is 0 Å². The van der Waals surface area contributed by atoms with Gasteiger partial charge >= 0.3 is 0 Å². The van der Waals surface area contributed by atoms with E-state index in [9.17, 15) is 0 Å². The summed E-state index contributed by atoms with van der Waals surface area (Å²) in [5, 5.41) is 0. The van der Waals surface area contributed by atoms with Gasteiger partial charge in [0.1, 0.15) is 0 Å². The maximum absolute atomic E-state index is 4.15. The monoisotopic (exact) mass is 163 g/mol. The van der Waals surface area contributed by atoms with Gasteiger partial charge in [0.15, 0.2) is 0 Å². The third-order valence-corrected chi connectivity index (χ3v) is 2.10. The molecule has 0 unspecified atom stereocenters. The van der Waals surface area contributed by atoms with Crippen LogP contribution in [0, 0.1) is 19.8 Å². The van der Waals surface area contributed by atoms with Crippen LogP contribution in [0.3, 0.4) is 0 Å². The van der Waals surface area contributed by atoms with E-state index in [0.717, 1.165) is 5.92 Å². The van der Waals surface area contributed by atoms with E-state index in [1.807, 2.05) is 12.4 Å². The van der Waals surface area contributed by atoms with Crippen molar-refractivity contribution in [2.75, 3.05) is 0 Å². The molecule has 0 saturated carbocycles. The van der Waals surface area contributed by atoms with Gasteiger partial charge in [0.05, 0.1) is 0 Å². The zero-order valence-electron chi connectivity index (χ0n) is 8.39. The second-order valence-corrected chi connectivity index (χ2v) is 3.85. The van der Waals surface area contributed by atoms with E-state index in [0.29, 0.717) is 0 Å². The summed E-state index contributed by atoms with van der Waals surface area (Å²) in [6.45, 7) is 8.77. The van der Waals surface area contributed by atoms with E-state index in [1.54, 1.807) is 0 Å². The first-order valence-corrected chi connectivity index (χ1v) is 4.51. The van der Waals surface area contributed by atoms with E-state index in [4.69, 9.17) is 0 Å². The molecule has 1 heteroatoms. The lowest BCUT2D eigenvalue weighted by Crippen LogP contribution is -2.00. The highest BCUT2D eigenvalue weighted by Crippen LogP contribution is 2.15. The fraction of sp³-hybridized carbons (Fsp3) is 0.545. The van der Waals surface area contributed by atoms with E-state index >= 15 is 0 Å². The molecule has 0 aliphatic rings. The Morgan fingerprint density at radius 2 is 1.67 bits per heavy atom. The maximum Gasteiger partial charge on any atom is 0.0300 e. The van der Waals surface area contributed by atoms with Crippen LogP contribution in [0.4, 0.5) is 0 Å². The summed E-state index contributed by atoms with van der Waals surface area (Å²) in [6, 6.07) is 0. The average molecular weight is 163 g/mol. The molecule has 1 heterocycles. The molecule has 12 heavy (non-hydrogen) atoms. The predicted octanol–water partition coefficient (Wildman–Crippen LogP) is 2.90. The molecular weight excluding hydrogens is 146 g/mol. The molecule has 0 amide bonds. The summed E-state index contributed by atoms with van der Waals surface area (Å²) in [5.74, 6) is 0.727. The van der Waals surface area contributed by atoms with Crippen LogP contribution in [-0.2, 0) is 6.42 Å². The van der Waals surface area contributed by atoms with Gasteiger partial charge in [-0.05, 0) is 42.9 Å². The smallest absolute Gasteiger partial charge is 0.0300 e. The van der Waals surface area contributed by atoms with Crippen LogP contribution in [0.5, 0.6) is 0 Å². The van der Waals surface area contributed by atoms with Crippen LogP contribution in [0.25, 0.3) is 0 Å². The third kappa shape index (κ3) is 2.07. The van der Waals surface area contributed by atoms with Crippen LogP contribution in [-0.4, -0.2) is 4.98 Å². The Hall–Kier alpha value is -0.850. The van der Waals surface area contributed by atoms with Crippen LogP contribution in [0.1, 0.15) is 30.5 Å². The van der Waals surface area contributed by atoms with Crippen molar-refractivity contribution in [1.82, 2.24) is 4.98 Å². The summed E-state index contributed by atoms with van der Waals surface area (Å²) < 4.78 is 0. The molecule has 0 bridgehead atoms. The van der Waals surface area contributed by atoms with E-state index in [1.165, 1.54) is 23.1 Å². The van der Waals surface area contributed by atoms with Gasteiger partial charge in [0.25, 0.3) is 0 Å². The number of hydrogen-bond donors (Lipinski definition) is 0. The molecule has 0 aromatic carbocycles. The molecule has 0 atom stereocenters. The molecule has 66 valence electrons. The summed E-state index contributed by atoms with van der Waals surface area (Å²) in [6.07, 6.45) is 5.07. The van der Waals surface area contributed by atoms with Crippen molar-refractivity contribution < 1.29 is 0 Å². The van der Waals surface area contributed by atoms with Crippen molar-refractivity contribution in [3.8, 4) is 0 Å². The molecule has 0 aliphatic heterocycles. The summed E-state index contributed by atoms with van der Waals surface area (Å²) in [7, 11) is 0. The van der Waals surface area contributed by atoms with Crippen molar-refractivity contribution in [2.45, 2.75) is 34.1 Å². The van der Waals surface area contributed by atoms with Gasteiger partial charge in [-0.25, -0.2) is 0 Å². The van der Waals surface area contributed by atoms with Crippen LogP contribution in [0.15, 0.2) is 12.4 Å². The second kappa shape index (κ2) is 3.70. The molecule has 1 rings (SSSR count).